The highest BCUT2D eigenvalue weighted by Crippen LogP contribution is 2.53. The second-order valence-electron chi connectivity index (χ2n) is 10.6. The van der Waals surface area contributed by atoms with Gasteiger partial charge in [-0.25, -0.2) is 0 Å². The van der Waals surface area contributed by atoms with Crippen LogP contribution in [0.3, 0.4) is 0 Å². The molecule has 2 fully saturated rings. The summed E-state index contributed by atoms with van der Waals surface area (Å²) in [5.74, 6) is 0.0555. The van der Waals surface area contributed by atoms with Gasteiger partial charge < -0.3 is 5.32 Å². The van der Waals surface area contributed by atoms with Crippen molar-refractivity contribution in [2.24, 2.45) is 5.41 Å². The van der Waals surface area contributed by atoms with E-state index in [4.69, 9.17) is 0 Å². The standard InChI is InChI=1S/C27H36N2O/c1-19-10-9-11-20(2)23(19)25(30)28-24(21-12-7-6-8-13-21)27-16-14-22(15-17-27)29(27)18-26(3,4)5/h6-13,22,24H,14-18H2,1-5H3,(H,28,30)/t22?,24-,27?/m1/s1. The molecule has 2 aromatic rings. The quantitative estimate of drug-likeness (QED) is 0.681. The molecule has 0 saturated carbocycles. The van der Waals surface area contributed by atoms with Gasteiger partial charge in [0.25, 0.3) is 5.91 Å². The van der Waals surface area contributed by atoms with Crippen LogP contribution in [0.4, 0.5) is 0 Å². The Kier molecular flexibility index (Phi) is 5.52. The van der Waals surface area contributed by atoms with Crippen LogP contribution in [0, 0.1) is 19.3 Å². The lowest BCUT2D eigenvalue weighted by atomic mass is 9.77. The number of nitrogens with one attached hydrogen (secondary N) is 1. The third-order valence-electron chi connectivity index (χ3n) is 7.13. The van der Waals surface area contributed by atoms with Crippen LogP contribution < -0.4 is 5.32 Å². The van der Waals surface area contributed by atoms with Gasteiger partial charge in [-0.2, -0.15) is 0 Å². The number of nitrogens with zero attached hydrogens (tertiary/aromatic N) is 1. The lowest BCUT2D eigenvalue weighted by Crippen LogP contribution is -2.54. The lowest BCUT2D eigenvalue weighted by molar-refractivity contribution is 0.0633. The predicted molar refractivity (Wildman–Crippen MR) is 124 cm³/mol. The topological polar surface area (TPSA) is 32.3 Å². The number of rotatable bonds is 5. The van der Waals surface area contributed by atoms with Crippen molar-refractivity contribution in [2.75, 3.05) is 6.54 Å². The van der Waals surface area contributed by atoms with E-state index in [1.807, 2.05) is 32.0 Å². The molecule has 2 aliphatic heterocycles. The molecule has 1 atom stereocenters. The Hall–Kier alpha value is -2.13. The van der Waals surface area contributed by atoms with Crippen molar-refractivity contribution in [3.05, 3.63) is 70.8 Å². The predicted octanol–water partition coefficient (Wildman–Crippen LogP) is 5.82. The summed E-state index contributed by atoms with van der Waals surface area (Å²) in [7, 11) is 0. The van der Waals surface area contributed by atoms with E-state index in [9.17, 15) is 4.79 Å². The Labute approximate surface area is 181 Å². The summed E-state index contributed by atoms with van der Waals surface area (Å²) in [5, 5.41) is 3.53. The molecule has 4 rings (SSSR count). The summed E-state index contributed by atoms with van der Waals surface area (Å²) < 4.78 is 0. The van der Waals surface area contributed by atoms with Crippen LogP contribution in [0.5, 0.6) is 0 Å². The molecule has 0 radical (unpaired) electrons. The Balaban J connectivity index is 1.73. The first-order valence-electron chi connectivity index (χ1n) is 11.4. The fourth-order valence-electron chi connectivity index (χ4n) is 5.87. The minimum atomic E-state index is 0.0000520. The first-order valence-corrected chi connectivity index (χ1v) is 11.4. The number of carbonyl (C=O) groups excluding carboxylic acids is 1. The van der Waals surface area contributed by atoms with Crippen LogP contribution in [0.25, 0.3) is 0 Å². The van der Waals surface area contributed by atoms with Gasteiger partial charge >= 0.3 is 0 Å². The summed E-state index contributed by atoms with van der Waals surface area (Å²) in [6.45, 7) is 12.1. The lowest BCUT2D eigenvalue weighted by Gasteiger charge is -2.44. The molecule has 1 amide bonds. The van der Waals surface area contributed by atoms with E-state index in [0.717, 1.165) is 36.1 Å². The van der Waals surface area contributed by atoms with E-state index >= 15 is 0 Å². The van der Waals surface area contributed by atoms with E-state index < -0.39 is 0 Å². The minimum absolute atomic E-state index is 0.0000520. The molecule has 2 bridgehead atoms. The Bertz CT molecular complexity index is 884. The molecule has 2 aromatic carbocycles. The Morgan fingerprint density at radius 1 is 1.03 bits per heavy atom. The average molecular weight is 405 g/mol. The molecule has 0 spiro atoms. The monoisotopic (exact) mass is 404 g/mol. The van der Waals surface area contributed by atoms with Crippen LogP contribution in [-0.4, -0.2) is 28.9 Å². The number of hydrogen-bond acceptors (Lipinski definition) is 2. The number of benzene rings is 2. The average Bonchev–Trinajstić information content (AvgIpc) is 3.20. The molecule has 2 aliphatic rings. The highest BCUT2D eigenvalue weighted by Gasteiger charge is 2.56. The van der Waals surface area contributed by atoms with E-state index in [2.05, 4.69) is 61.3 Å². The molecule has 1 N–H and O–H groups in total. The molecule has 0 aliphatic carbocycles. The number of fused-ring (bicyclic) bond motifs is 2. The number of aryl methyl sites for hydroxylation is 2. The molecule has 0 aromatic heterocycles. The molecular formula is C27H36N2O. The first kappa shape index (κ1) is 21.1. The molecular weight excluding hydrogens is 368 g/mol. The second-order valence-corrected chi connectivity index (χ2v) is 10.6. The van der Waals surface area contributed by atoms with E-state index in [-0.39, 0.29) is 22.9 Å². The molecule has 2 saturated heterocycles. The fraction of sp³-hybridized carbons (Fsp3) is 0.519. The van der Waals surface area contributed by atoms with Crippen LogP contribution >= 0.6 is 0 Å². The van der Waals surface area contributed by atoms with E-state index in [1.165, 1.54) is 18.4 Å². The molecule has 3 nitrogen and oxygen atoms in total. The maximum Gasteiger partial charge on any atom is 0.252 e. The molecule has 0 unspecified atom stereocenters. The maximum absolute atomic E-state index is 13.6. The van der Waals surface area contributed by atoms with Gasteiger partial charge in [-0.3, -0.25) is 9.69 Å². The summed E-state index contributed by atoms with van der Waals surface area (Å²) in [5.41, 5.74) is 4.36. The smallest absolute Gasteiger partial charge is 0.252 e. The van der Waals surface area contributed by atoms with Gasteiger partial charge in [-0.1, -0.05) is 69.3 Å². The summed E-state index contributed by atoms with van der Waals surface area (Å²) in [4.78, 5) is 16.3. The largest absolute Gasteiger partial charge is 0.343 e. The van der Waals surface area contributed by atoms with Crippen molar-refractivity contribution in [3.63, 3.8) is 0 Å². The SMILES string of the molecule is Cc1cccc(C)c1C(=O)N[C@H](c1ccccc1)C12CCC(CC1)N2CC(C)(C)C. The summed E-state index contributed by atoms with van der Waals surface area (Å²) >= 11 is 0. The van der Waals surface area contributed by atoms with Gasteiger partial charge in [0.15, 0.2) is 0 Å². The van der Waals surface area contributed by atoms with Gasteiger partial charge in [-0.05, 0) is 61.6 Å². The van der Waals surface area contributed by atoms with Crippen molar-refractivity contribution >= 4 is 5.91 Å². The third-order valence-corrected chi connectivity index (χ3v) is 7.13. The number of amides is 1. The second kappa shape index (κ2) is 7.85. The molecule has 2 heterocycles. The van der Waals surface area contributed by atoms with Crippen LogP contribution in [0.1, 0.15) is 79.5 Å². The fourth-order valence-corrected chi connectivity index (χ4v) is 5.87. The maximum atomic E-state index is 13.6. The van der Waals surface area contributed by atoms with Crippen LogP contribution in [0.15, 0.2) is 48.5 Å². The molecule has 30 heavy (non-hydrogen) atoms. The highest BCUT2D eigenvalue weighted by molar-refractivity contribution is 5.97. The van der Waals surface area contributed by atoms with E-state index in [0.29, 0.717) is 6.04 Å². The van der Waals surface area contributed by atoms with Gasteiger partial charge in [0.2, 0.25) is 0 Å². The van der Waals surface area contributed by atoms with Gasteiger partial charge in [0.1, 0.15) is 0 Å². The molecule has 3 heteroatoms. The normalized spacial score (nSPS) is 24.8. The zero-order valence-corrected chi connectivity index (χ0v) is 19.2. The number of hydrogen-bond donors (Lipinski definition) is 1. The first-order chi connectivity index (χ1) is 14.2. The Morgan fingerprint density at radius 3 is 2.20 bits per heavy atom. The zero-order chi connectivity index (χ0) is 21.5. The van der Waals surface area contributed by atoms with Gasteiger partial charge in [-0.15, -0.1) is 0 Å². The minimum Gasteiger partial charge on any atom is -0.343 e. The van der Waals surface area contributed by atoms with Crippen molar-refractivity contribution in [3.8, 4) is 0 Å². The van der Waals surface area contributed by atoms with Crippen LogP contribution in [-0.2, 0) is 0 Å². The Morgan fingerprint density at radius 2 is 1.63 bits per heavy atom. The highest BCUT2D eigenvalue weighted by atomic mass is 16.1. The molecule has 160 valence electrons. The summed E-state index contributed by atoms with van der Waals surface area (Å²) in [6, 6.07) is 17.4. The van der Waals surface area contributed by atoms with Crippen molar-refractivity contribution in [1.82, 2.24) is 10.2 Å². The van der Waals surface area contributed by atoms with E-state index in [1.54, 1.807) is 0 Å². The van der Waals surface area contributed by atoms with Crippen LogP contribution in [0.2, 0.25) is 0 Å². The third kappa shape index (κ3) is 3.80. The number of carbonyl (C=O) groups is 1. The zero-order valence-electron chi connectivity index (χ0n) is 19.2. The van der Waals surface area contributed by atoms with Crippen molar-refractivity contribution < 1.29 is 4.79 Å². The summed E-state index contributed by atoms with van der Waals surface area (Å²) in [6.07, 6.45) is 4.78. The van der Waals surface area contributed by atoms with Crippen molar-refractivity contribution in [1.29, 1.82) is 0 Å². The van der Waals surface area contributed by atoms with Gasteiger partial charge in [0.05, 0.1) is 6.04 Å². The van der Waals surface area contributed by atoms with Gasteiger partial charge in [0, 0.05) is 23.7 Å². The van der Waals surface area contributed by atoms with Crippen molar-refractivity contribution in [2.45, 2.75) is 77.9 Å².